The molecule has 1 aliphatic rings. The number of pyridine rings is 1. The highest BCUT2D eigenvalue weighted by atomic mass is 16.5. The van der Waals surface area contributed by atoms with Gasteiger partial charge in [0.1, 0.15) is 5.82 Å². The lowest BCUT2D eigenvalue weighted by Crippen LogP contribution is -2.24. The highest BCUT2D eigenvalue weighted by Crippen LogP contribution is 2.28. The van der Waals surface area contributed by atoms with Gasteiger partial charge in [0, 0.05) is 32.4 Å². The molecule has 0 spiro atoms. The monoisotopic (exact) mass is 263 g/mol. The first kappa shape index (κ1) is 14.3. The molecule has 0 atom stereocenters. The van der Waals surface area contributed by atoms with E-state index in [9.17, 15) is 0 Å². The summed E-state index contributed by atoms with van der Waals surface area (Å²) in [4.78, 5) is 6.80. The predicted molar refractivity (Wildman–Crippen MR) is 78.6 cm³/mol. The summed E-state index contributed by atoms with van der Waals surface area (Å²) in [6.45, 7) is 5.54. The molecule has 4 heteroatoms. The van der Waals surface area contributed by atoms with Crippen LogP contribution in [-0.2, 0) is 11.3 Å². The van der Waals surface area contributed by atoms with Crippen LogP contribution in [0.4, 0.5) is 5.82 Å². The summed E-state index contributed by atoms with van der Waals surface area (Å²) < 4.78 is 5.66. The third kappa shape index (κ3) is 4.48. The first-order valence-corrected chi connectivity index (χ1v) is 7.10. The molecule has 0 aromatic carbocycles. The molecule has 0 aliphatic heterocycles. The molecule has 1 aliphatic carbocycles. The Hall–Kier alpha value is -1.13. The van der Waals surface area contributed by atoms with Crippen molar-refractivity contribution < 1.29 is 4.74 Å². The summed E-state index contributed by atoms with van der Waals surface area (Å²) in [5.74, 6) is 1.86. The van der Waals surface area contributed by atoms with Gasteiger partial charge in [0.15, 0.2) is 0 Å². The standard InChI is InChI=1S/C15H25N3O/c1-12-14(10-16-2)6-7-15(17-12)18(3)8-9-19-11-13-4-5-13/h6-7,13,16H,4-5,8-11H2,1-3H3. The molecule has 0 amide bonds. The molecule has 19 heavy (non-hydrogen) atoms. The van der Waals surface area contributed by atoms with Crippen molar-refractivity contribution in [2.75, 3.05) is 38.8 Å². The molecule has 0 radical (unpaired) electrons. The van der Waals surface area contributed by atoms with Crippen molar-refractivity contribution in [1.29, 1.82) is 0 Å². The second-order valence-electron chi connectivity index (χ2n) is 5.38. The Kier molecular flexibility index (Phi) is 5.16. The first-order valence-electron chi connectivity index (χ1n) is 7.10. The van der Waals surface area contributed by atoms with Crippen LogP contribution in [0.15, 0.2) is 12.1 Å². The Morgan fingerprint density at radius 2 is 2.21 bits per heavy atom. The van der Waals surface area contributed by atoms with Gasteiger partial charge in [-0.1, -0.05) is 6.07 Å². The summed E-state index contributed by atoms with van der Waals surface area (Å²) in [7, 11) is 4.02. The zero-order chi connectivity index (χ0) is 13.7. The van der Waals surface area contributed by atoms with Crippen molar-refractivity contribution in [3.63, 3.8) is 0 Å². The lowest BCUT2D eigenvalue weighted by atomic mass is 10.2. The molecule has 2 rings (SSSR count). The van der Waals surface area contributed by atoms with E-state index in [0.717, 1.165) is 43.7 Å². The highest BCUT2D eigenvalue weighted by molar-refractivity contribution is 5.40. The first-order chi connectivity index (χ1) is 9.20. The van der Waals surface area contributed by atoms with E-state index in [2.05, 4.69) is 41.3 Å². The number of nitrogens with zero attached hydrogens (tertiary/aromatic N) is 2. The zero-order valence-corrected chi connectivity index (χ0v) is 12.3. The van der Waals surface area contributed by atoms with Gasteiger partial charge in [-0.05, 0) is 44.4 Å². The van der Waals surface area contributed by atoms with Gasteiger partial charge in [0.25, 0.3) is 0 Å². The van der Waals surface area contributed by atoms with Crippen LogP contribution in [0.25, 0.3) is 0 Å². The number of hydrogen-bond donors (Lipinski definition) is 1. The predicted octanol–water partition coefficient (Wildman–Crippen LogP) is 1.97. The summed E-state index contributed by atoms with van der Waals surface area (Å²) in [6, 6.07) is 4.23. The Morgan fingerprint density at radius 1 is 1.42 bits per heavy atom. The van der Waals surface area contributed by atoms with Gasteiger partial charge in [0.2, 0.25) is 0 Å². The van der Waals surface area contributed by atoms with Gasteiger partial charge in [-0.3, -0.25) is 0 Å². The van der Waals surface area contributed by atoms with Crippen molar-refractivity contribution in [2.24, 2.45) is 5.92 Å². The van der Waals surface area contributed by atoms with E-state index in [1.54, 1.807) is 0 Å². The number of anilines is 1. The number of likely N-dealkylation sites (N-methyl/N-ethyl adjacent to an activating group) is 1. The normalized spacial score (nSPS) is 14.7. The fraction of sp³-hybridized carbons (Fsp3) is 0.667. The van der Waals surface area contributed by atoms with E-state index in [-0.39, 0.29) is 0 Å². The van der Waals surface area contributed by atoms with Gasteiger partial charge < -0.3 is 15.0 Å². The lowest BCUT2D eigenvalue weighted by Gasteiger charge is -2.19. The summed E-state index contributed by atoms with van der Waals surface area (Å²) in [5, 5.41) is 3.16. The van der Waals surface area contributed by atoms with E-state index in [0.29, 0.717) is 0 Å². The van der Waals surface area contributed by atoms with E-state index in [4.69, 9.17) is 4.74 Å². The number of aromatic nitrogens is 1. The minimum atomic E-state index is 0.784. The number of hydrogen-bond acceptors (Lipinski definition) is 4. The average Bonchev–Trinajstić information content (AvgIpc) is 3.21. The Bertz CT molecular complexity index is 404. The van der Waals surface area contributed by atoms with Crippen LogP contribution in [0, 0.1) is 12.8 Å². The molecule has 1 N–H and O–H groups in total. The molecule has 4 nitrogen and oxygen atoms in total. The van der Waals surface area contributed by atoms with Crippen LogP contribution in [0.3, 0.4) is 0 Å². The van der Waals surface area contributed by atoms with E-state index in [1.165, 1.54) is 18.4 Å². The fourth-order valence-electron chi connectivity index (χ4n) is 2.02. The fourth-order valence-corrected chi connectivity index (χ4v) is 2.02. The largest absolute Gasteiger partial charge is 0.379 e. The van der Waals surface area contributed by atoms with Gasteiger partial charge in [-0.15, -0.1) is 0 Å². The van der Waals surface area contributed by atoms with Crippen LogP contribution < -0.4 is 10.2 Å². The Labute approximate surface area is 116 Å². The molecule has 0 unspecified atom stereocenters. The second kappa shape index (κ2) is 6.87. The van der Waals surface area contributed by atoms with Crippen LogP contribution in [0.2, 0.25) is 0 Å². The number of ether oxygens (including phenoxy) is 1. The molecule has 0 bridgehead atoms. The quantitative estimate of drug-likeness (QED) is 0.728. The lowest BCUT2D eigenvalue weighted by molar-refractivity contribution is 0.131. The summed E-state index contributed by atoms with van der Waals surface area (Å²) in [5.41, 5.74) is 2.35. The van der Waals surface area contributed by atoms with Crippen LogP contribution in [-0.4, -0.2) is 38.8 Å². The van der Waals surface area contributed by atoms with Crippen molar-refractivity contribution in [1.82, 2.24) is 10.3 Å². The molecule has 0 saturated heterocycles. The molecular formula is C15H25N3O. The van der Waals surface area contributed by atoms with E-state index in [1.807, 2.05) is 7.05 Å². The molecule has 1 aromatic heterocycles. The maximum absolute atomic E-state index is 5.66. The third-order valence-corrected chi connectivity index (χ3v) is 3.56. The summed E-state index contributed by atoms with van der Waals surface area (Å²) >= 11 is 0. The van der Waals surface area contributed by atoms with Gasteiger partial charge in [-0.25, -0.2) is 4.98 Å². The number of nitrogens with one attached hydrogen (secondary N) is 1. The van der Waals surface area contributed by atoms with Crippen LogP contribution in [0.1, 0.15) is 24.1 Å². The van der Waals surface area contributed by atoms with Gasteiger partial charge in [0.05, 0.1) is 6.61 Å². The maximum atomic E-state index is 5.66. The van der Waals surface area contributed by atoms with Crippen molar-refractivity contribution in [2.45, 2.75) is 26.3 Å². The second-order valence-corrected chi connectivity index (χ2v) is 5.38. The number of rotatable bonds is 8. The minimum absolute atomic E-state index is 0.784. The molecule has 1 fully saturated rings. The van der Waals surface area contributed by atoms with Gasteiger partial charge in [-0.2, -0.15) is 0 Å². The van der Waals surface area contributed by atoms with Crippen molar-refractivity contribution in [3.05, 3.63) is 23.4 Å². The molecule has 1 aromatic rings. The van der Waals surface area contributed by atoms with E-state index < -0.39 is 0 Å². The van der Waals surface area contributed by atoms with Crippen molar-refractivity contribution >= 4 is 5.82 Å². The highest BCUT2D eigenvalue weighted by Gasteiger charge is 2.21. The van der Waals surface area contributed by atoms with Crippen LogP contribution >= 0.6 is 0 Å². The topological polar surface area (TPSA) is 37.4 Å². The smallest absolute Gasteiger partial charge is 0.128 e. The molecule has 1 saturated carbocycles. The van der Waals surface area contributed by atoms with Crippen LogP contribution in [0.5, 0.6) is 0 Å². The number of aryl methyl sites for hydroxylation is 1. The minimum Gasteiger partial charge on any atom is -0.379 e. The summed E-state index contributed by atoms with van der Waals surface area (Å²) in [6.07, 6.45) is 2.70. The van der Waals surface area contributed by atoms with E-state index >= 15 is 0 Å². The molecule has 1 heterocycles. The Morgan fingerprint density at radius 3 is 2.84 bits per heavy atom. The average molecular weight is 263 g/mol. The van der Waals surface area contributed by atoms with Crippen molar-refractivity contribution in [3.8, 4) is 0 Å². The SMILES string of the molecule is CNCc1ccc(N(C)CCOCC2CC2)nc1C. The van der Waals surface area contributed by atoms with Gasteiger partial charge >= 0.3 is 0 Å². The third-order valence-electron chi connectivity index (χ3n) is 3.56. The molecular weight excluding hydrogens is 238 g/mol. The molecule has 106 valence electrons. The Balaban J connectivity index is 1.80. The maximum Gasteiger partial charge on any atom is 0.128 e. The zero-order valence-electron chi connectivity index (χ0n) is 12.3.